The standard InChI is InChI=1S/C12H22N4O/c1-3-10(6-8-17)9-15-11-5-7-14-12(16-11)13-4-2/h5,7,10,17H,3-4,6,8-9H2,1-2H3,(H2,13,14,15,16). The van der Waals surface area contributed by atoms with Crippen LogP contribution < -0.4 is 10.6 Å². The van der Waals surface area contributed by atoms with Crippen molar-refractivity contribution in [3.63, 3.8) is 0 Å². The summed E-state index contributed by atoms with van der Waals surface area (Å²) in [5, 5.41) is 15.3. The minimum absolute atomic E-state index is 0.243. The largest absolute Gasteiger partial charge is 0.396 e. The first-order valence-corrected chi connectivity index (χ1v) is 6.21. The third kappa shape index (κ3) is 4.99. The second-order valence-corrected chi connectivity index (χ2v) is 3.96. The van der Waals surface area contributed by atoms with E-state index >= 15 is 0 Å². The maximum atomic E-state index is 8.92. The fourth-order valence-corrected chi connectivity index (χ4v) is 1.58. The van der Waals surface area contributed by atoms with Gasteiger partial charge in [-0.25, -0.2) is 4.98 Å². The van der Waals surface area contributed by atoms with Gasteiger partial charge in [-0.1, -0.05) is 13.3 Å². The zero-order chi connectivity index (χ0) is 12.5. The molecule has 1 aromatic heterocycles. The number of aliphatic hydroxyl groups is 1. The molecular weight excluding hydrogens is 216 g/mol. The molecule has 0 aliphatic rings. The molecule has 1 unspecified atom stereocenters. The van der Waals surface area contributed by atoms with Gasteiger partial charge in [0.05, 0.1) is 0 Å². The van der Waals surface area contributed by atoms with Crippen molar-refractivity contribution in [2.75, 3.05) is 30.3 Å². The summed E-state index contributed by atoms with van der Waals surface area (Å²) in [5.41, 5.74) is 0. The highest BCUT2D eigenvalue weighted by atomic mass is 16.3. The maximum Gasteiger partial charge on any atom is 0.224 e. The highest BCUT2D eigenvalue weighted by molar-refractivity contribution is 5.39. The molecule has 0 aliphatic carbocycles. The van der Waals surface area contributed by atoms with Crippen LogP contribution >= 0.6 is 0 Å². The van der Waals surface area contributed by atoms with Crippen molar-refractivity contribution in [1.82, 2.24) is 9.97 Å². The van der Waals surface area contributed by atoms with Crippen molar-refractivity contribution >= 4 is 11.8 Å². The van der Waals surface area contributed by atoms with E-state index in [1.807, 2.05) is 13.0 Å². The molecule has 17 heavy (non-hydrogen) atoms. The Labute approximate surface area is 103 Å². The number of aromatic nitrogens is 2. The van der Waals surface area contributed by atoms with Crippen molar-refractivity contribution in [2.45, 2.75) is 26.7 Å². The van der Waals surface area contributed by atoms with E-state index in [1.54, 1.807) is 6.20 Å². The molecule has 5 heteroatoms. The van der Waals surface area contributed by atoms with Crippen molar-refractivity contribution in [2.24, 2.45) is 5.92 Å². The van der Waals surface area contributed by atoms with E-state index in [0.29, 0.717) is 11.9 Å². The molecule has 0 aromatic carbocycles. The molecule has 0 spiro atoms. The topological polar surface area (TPSA) is 70.1 Å². The molecule has 96 valence electrons. The molecule has 0 saturated heterocycles. The summed E-state index contributed by atoms with van der Waals surface area (Å²) in [5.74, 6) is 1.96. The average Bonchev–Trinajstić information content (AvgIpc) is 2.35. The van der Waals surface area contributed by atoms with Gasteiger partial charge in [-0.15, -0.1) is 0 Å². The van der Waals surface area contributed by atoms with Gasteiger partial charge in [0.15, 0.2) is 0 Å². The predicted molar refractivity (Wildman–Crippen MR) is 70.2 cm³/mol. The number of anilines is 2. The van der Waals surface area contributed by atoms with Crippen LogP contribution in [0.1, 0.15) is 26.7 Å². The lowest BCUT2D eigenvalue weighted by Gasteiger charge is -2.14. The Bertz CT molecular complexity index is 319. The van der Waals surface area contributed by atoms with Crippen LogP contribution in [-0.4, -0.2) is 34.8 Å². The van der Waals surface area contributed by atoms with Crippen LogP contribution in [0.5, 0.6) is 0 Å². The molecule has 3 N–H and O–H groups in total. The first kappa shape index (κ1) is 13.7. The van der Waals surface area contributed by atoms with Crippen LogP contribution in [0.15, 0.2) is 12.3 Å². The van der Waals surface area contributed by atoms with Crippen LogP contribution in [0.25, 0.3) is 0 Å². The molecule has 0 saturated carbocycles. The summed E-state index contributed by atoms with van der Waals surface area (Å²) < 4.78 is 0. The van der Waals surface area contributed by atoms with E-state index < -0.39 is 0 Å². The van der Waals surface area contributed by atoms with Gasteiger partial charge in [0, 0.05) is 25.9 Å². The summed E-state index contributed by atoms with van der Waals surface area (Å²) in [6, 6.07) is 1.85. The first-order valence-electron chi connectivity index (χ1n) is 6.21. The minimum atomic E-state index is 0.243. The number of hydrogen-bond acceptors (Lipinski definition) is 5. The summed E-state index contributed by atoms with van der Waals surface area (Å²) >= 11 is 0. The fourth-order valence-electron chi connectivity index (χ4n) is 1.58. The van der Waals surface area contributed by atoms with Gasteiger partial charge in [-0.3, -0.25) is 0 Å². The lowest BCUT2D eigenvalue weighted by atomic mass is 10.0. The number of nitrogens with zero attached hydrogens (tertiary/aromatic N) is 2. The first-order chi connectivity index (χ1) is 8.30. The smallest absolute Gasteiger partial charge is 0.224 e. The van der Waals surface area contributed by atoms with Crippen molar-refractivity contribution in [3.8, 4) is 0 Å². The Balaban J connectivity index is 2.47. The Kier molecular flexibility index (Phi) is 6.32. The average molecular weight is 238 g/mol. The molecular formula is C12H22N4O. The van der Waals surface area contributed by atoms with Crippen molar-refractivity contribution < 1.29 is 5.11 Å². The van der Waals surface area contributed by atoms with Gasteiger partial charge in [0.25, 0.3) is 0 Å². The van der Waals surface area contributed by atoms with Gasteiger partial charge in [0.1, 0.15) is 5.82 Å². The van der Waals surface area contributed by atoms with Crippen molar-refractivity contribution in [1.29, 1.82) is 0 Å². The Morgan fingerprint density at radius 2 is 2.18 bits per heavy atom. The summed E-state index contributed by atoms with van der Waals surface area (Å²) in [7, 11) is 0. The van der Waals surface area contributed by atoms with Crippen LogP contribution in [0.2, 0.25) is 0 Å². The highest BCUT2D eigenvalue weighted by Gasteiger charge is 2.06. The lowest BCUT2D eigenvalue weighted by Crippen LogP contribution is -2.16. The Morgan fingerprint density at radius 1 is 1.35 bits per heavy atom. The quantitative estimate of drug-likeness (QED) is 0.643. The van der Waals surface area contributed by atoms with Crippen molar-refractivity contribution in [3.05, 3.63) is 12.3 Å². The third-order valence-corrected chi connectivity index (χ3v) is 2.68. The molecule has 1 heterocycles. The summed E-state index contributed by atoms with van der Waals surface area (Å²) in [4.78, 5) is 8.44. The Hall–Kier alpha value is -1.36. The highest BCUT2D eigenvalue weighted by Crippen LogP contribution is 2.10. The minimum Gasteiger partial charge on any atom is -0.396 e. The molecule has 0 fully saturated rings. The number of aliphatic hydroxyl groups excluding tert-OH is 1. The lowest BCUT2D eigenvalue weighted by molar-refractivity contribution is 0.258. The number of nitrogens with one attached hydrogen (secondary N) is 2. The number of hydrogen-bond donors (Lipinski definition) is 3. The third-order valence-electron chi connectivity index (χ3n) is 2.68. The zero-order valence-corrected chi connectivity index (χ0v) is 10.6. The zero-order valence-electron chi connectivity index (χ0n) is 10.6. The van der Waals surface area contributed by atoms with E-state index in [0.717, 1.165) is 31.7 Å². The molecule has 0 radical (unpaired) electrons. The second kappa shape index (κ2) is 7.84. The van der Waals surface area contributed by atoms with Gasteiger partial charge < -0.3 is 15.7 Å². The van der Waals surface area contributed by atoms with E-state index in [2.05, 4.69) is 27.5 Å². The van der Waals surface area contributed by atoms with Gasteiger partial charge in [-0.2, -0.15) is 4.98 Å². The van der Waals surface area contributed by atoms with Gasteiger partial charge in [-0.05, 0) is 25.3 Å². The molecule has 0 amide bonds. The van der Waals surface area contributed by atoms with Crippen LogP contribution in [0.4, 0.5) is 11.8 Å². The van der Waals surface area contributed by atoms with E-state index in [9.17, 15) is 0 Å². The molecule has 1 rings (SSSR count). The molecule has 0 bridgehead atoms. The van der Waals surface area contributed by atoms with E-state index in [4.69, 9.17) is 5.11 Å². The molecule has 1 aromatic rings. The normalized spacial score (nSPS) is 12.2. The van der Waals surface area contributed by atoms with E-state index in [1.165, 1.54) is 0 Å². The molecule has 0 aliphatic heterocycles. The molecule has 1 atom stereocenters. The molecule has 5 nitrogen and oxygen atoms in total. The predicted octanol–water partition coefficient (Wildman–Crippen LogP) is 1.73. The van der Waals surface area contributed by atoms with E-state index in [-0.39, 0.29) is 6.61 Å². The Morgan fingerprint density at radius 3 is 2.82 bits per heavy atom. The van der Waals surface area contributed by atoms with Gasteiger partial charge >= 0.3 is 0 Å². The maximum absolute atomic E-state index is 8.92. The second-order valence-electron chi connectivity index (χ2n) is 3.96. The monoisotopic (exact) mass is 238 g/mol. The fraction of sp³-hybridized carbons (Fsp3) is 0.667. The van der Waals surface area contributed by atoms with Gasteiger partial charge in [0.2, 0.25) is 5.95 Å². The van der Waals surface area contributed by atoms with Crippen LogP contribution in [-0.2, 0) is 0 Å². The SMILES string of the molecule is CCNc1nccc(NCC(CC)CCO)n1. The van der Waals surface area contributed by atoms with Crippen LogP contribution in [0, 0.1) is 5.92 Å². The number of rotatable bonds is 8. The summed E-state index contributed by atoms with van der Waals surface area (Å²) in [6.07, 6.45) is 3.62. The summed E-state index contributed by atoms with van der Waals surface area (Å²) in [6.45, 7) is 6.03. The van der Waals surface area contributed by atoms with Crippen LogP contribution in [0.3, 0.4) is 0 Å².